The third-order valence-electron chi connectivity index (χ3n) is 3.50. The summed E-state index contributed by atoms with van der Waals surface area (Å²) < 4.78 is 0. The molecule has 17 heavy (non-hydrogen) atoms. The van der Waals surface area contributed by atoms with Gasteiger partial charge in [0.05, 0.1) is 0 Å². The van der Waals surface area contributed by atoms with Crippen LogP contribution in [0.1, 0.15) is 18.9 Å². The smallest absolute Gasteiger partial charge is 0.0452 e. The van der Waals surface area contributed by atoms with Gasteiger partial charge in [0.1, 0.15) is 0 Å². The first kappa shape index (κ1) is 13.2. The fraction of sp³-hybridized carbons (Fsp3) is 0.538. The average molecular weight is 273 g/mol. The van der Waals surface area contributed by atoms with Gasteiger partial charge in [-0.15, -0.1) is 0 Å². The van der Waals surface area contributed by atoms with E-state index in [1.54, 1.807) is 0 Å². The molecule has 0 radical (unpaired) electrons. The van der Waals surface area contributed by atoms with E-state index in [9.17, 15) is 0 Å². The highest BCUT2D eigenvalue weighted by Crippen LogP contribution is 2.24. The number of nitrogens with two attached hydrogens (primary N) is 1. The highest BCUT2D eigenvalue weighted by molar-refractivity contribution is 6.33. The van der Waals surface area contributed by atoms with Crippen LogP contribution in [0.4, 0.5) is 0 Å². The van der Waals surface area contributed by atoms with Gasteiger partial charge in [-0.1, -0.05) is 30.1 Å². The van der Waals surface area contributed by atoms with Crippen LogP contribution in [-0.4, -0.2) is 24.0 Å². The second-order valence-corrected chi connectivity index (χ2v) is 5.74. The lowest BCUT2D eigenvalue weighted by molar-refractivity contribution is 0.162. The summed E-state index contributed by atoms with van der Waals surface area (Å²) in [7, 11) is 0. The van der Waals surface area contributed by atoms with E-state index in [2.05, 4.69) is 11.8 Å². The molecule has 2 atom stereocenters. The van der Waals surface area contributed by atoms with Crippen LogP contribution in [-0.2, 0) is 6.54 Å². The number of hydrogen-bond donors (Lipinski definition) is 1. The van der Waals surface area contributed by atoms with Gasteiger partial charge in [0, 0.05) is 29.2 Å². The second kappa shape index (κ2) is 5.57. The number of piperidine rings is 1. The van der Waals surface area contributed by atoms with Gasteiger partial charge in [-0.2, -0.15) is 0 Å². The summed E-state index contributed by atoms with van der Waals surface area (Å²) in [5.74, 6) is 0.612. The summed E-state index contributed by atoms with van der Waals surface area (Å²) in [5.41, 5.74) is 7.17. The van der Waals surface area contributed by atoms with Gasteiger partial charge in [-0.3, -0.25) is 4.90 Å². The molecule has 1 heterocycles. The van der Waals surface area contributed by atoms with Gasteiger partial charge in [-0.25, -0.2) is 0 Å². The maximum Gasteiger partial charge on any atom is 0.0452 e. The Kier molecular flexibility index (Phi) is 4.31. The second-order valence-electron chi connectivity index (χ2n) is 4.90. The van der Waals surface area contributed by atoms with E-state index in [-0.39, 0.29) is 6.04 Å². The van der Waals surface area contributed by atoms with Crippen molar-refractivity contribution in [2.45, 2.75) is 25.9 Å². The third-order valence-corrected chi connectivity index (χ3v) is 4.11. The van der Waals surface area contributed by atoms with E-state index in [1.165, 1.54) is 0 Å². The lowest BCUT2D eigenvalue weighted by Crippen LogP contribution is -2.47. The van der Waals surface area contributed by atoms with Crippen molar-refractivity contribution in [1.29, 1.82) is 0 Å². The molecule has 2 unspecified atom stereocenters. The van der Waals surface area contributed by atoms with E-state index in [1.807, 2.05) is 18.2 Å². The monoisotopic (exact) mass is 272 g/mol. The van der Waals surface area contributed by atoms with Crippen LogP contribution in [0.25, 0.3) is 0 Å². The van der Waals surface area contributed by atoms with Gasteiger partial charge < -0.3 is 5.73 Å². The fourth-order valence-electron chi connectivity index (χ4n) is 2.22. The van der Waals surface area contributed by atoms with Crippen LogP contribution in [0.3, 0.4) is 0 Å². The highest BCUT2D eigenvalue weighted by Gasteiger charge is 2.23. The molecule has 0 saturated carbocycles. The Labute approximate surface area is 113 Å². The van der Waals surface area contributed by atoms with E-state index in [4.69, 9.17) is 28.9 Å². The van der Waals surface area contributed by atoms with Crippen molar-refractivity contribution < 1.29 is 0 Å². The molecule has 2 N–H and O–H groups in total. The predicted molar refractivity (Wildman–Crippen MR) is 73.5 cm³/mol. The molecule has 0 aromatic heterocycles. The number of nitrogens with zero attached hydrogens (tertiary/aromatic N) is 1. The van der Waals surface area contributed by atoms with Crippen molar-refractivity contribution in [3.8, 4) is 0 Å². The first-order valence-corrected chi connectivity index (χ1v) is 6.73. The molecule has 1 aromatic carbocycles. The molecule has 1 aliphatic heterocycles. The van der Waals surface area contributed by atoms with E-state index in [0.717, 1.165) is 41.7 Å². The van der Waals surface area contributed by atoms with Gasteiger partial charge in [0.15, 0.2) is 0 Å². The number of benzene rings is 1. The molecular formula is C13H18Cl2N2. The Bertz CT molecular complexity index is 395. The Balaban J connectivity index is 2.03. The minimum atomic E-state index is 0.265. The van der Waals surface area contributed by atoms with Gasteiger partial charge >= 0.3 is 0 Å². The molecule has 1 saturated heterocycles. The highest BCUT2D eigenvalue weighted by atomic mass is 35.5. The normalized spacial score (nSPS) is 26.1. The lowest BCUT2D eigenvalue weighted by Gasteiger charge is -2.35. The predicted octanol–water partition coefficient (Wildman–Crippen LogP) is 3.16. The van der Waals surface area contributed by atoms with Crippen molar-refractivity contribution >= 4 is 23.2 Å². The number of hydrogen-bond acceptors (Lipinski definition) is 2. The van der Waals surface area contributed by atoms with Crippen LogP contribution in [0, 0.1) is 5.92 Å². The average Bonchev–Trinajstić information content (AvgIpc) is 2.29. The van der Waals surface area contributed by atoms with E-state index in [0.29, 0.717) is 5.92 Å². The molecular weight excluding hydrogens is 255 g/mol. The summed E-state index contributed by atoms with van der Waals surface area (Å²) in [6.07, 6.45) is 1.15. The van der Waals surface area contributed by atoms with Crippen molar-refractivity contribution in [3.05, 3.63) is 33.8 Å². The molecule has 0 bridgehead atoms. The van der Waals surface area contributed by atoms with Crippen LogP contribution >= 0.6 is 23.2 Å². The molecule has 2 nitrogen and oxygen atoms in total. The molecule has 94 valence electrons. The maximum absolute atomic E-state index is 6.16. The lowest BCUT2D eigenvalue weighted by atomic mass is 9.94. The van der Waals surface area contributed by atoms with Crippen LogP contribution < -0.4 is 5.73 Å². The SMILES string of the molecule is CC1CCN(Cc2cc(Cl)ccc2Cl)CC1N. The molecule has 0 spiro atoms. The number of halogens is 2. The molecule has 2 rings (SSSR count). The van der Waals surface area contributed by atoms with Gasteiger partial charge in [0.2, 0.25) is 0 Å². The zero-order valence-electron chi connectivity index (χ0n) is 10.00. The van der Waals surface area contributed by atoms with Crippen molar-refractivity contribution in [2.75, 3.05) is 13.1 Å². The third kappa shape index (κ3) is 3.35. The zero-order chi connectivity index (χ0) is 12.4. The minimum absolute atomic E-state index is 0.265. The first-order chi connectivity index (χ1) is 8.06. The minimum Gasteiger partial charge on any atom is -0.326 e. The largest absolute Gasteiger partial charge is 0.326 e. The van der Waals surface area contributed by atoms with Crippen LogP contribution in [0.5, 0.6) is 0 Å². The Morgan fingerprint density at radius 3 is 2.88 bits per heavy atom. The Morgan fingerprint density at radius 2 is 2.18 bits per heavy atom. The Morgan fingerprint density at radius 1 is 1.41 bits per heavy atom. The van der Waals surface area contributed by atoms with Crippen molar-refractivity contribution in [2.24, 2.45) is 11.7 Å². The summed E-state index contributed by atoms with van der Waals surface area (Å²) in [6.45, 7) is 5.07. The summed E-state index contributed by atoms with van der Waals surface area (Å²) in [6, 6.07) is 5.87. The maximum atomic E-state index is 6.16. The van der Waals surface area contributed by atoms with Crippen molar-refractivity contribution in [3.63, 3.8) is 0 Å². The van der Waals surface area contributed by atoms with E-state index >= 15 is 0 Å². The van der Waals surface area contributed by atoms with Gasteiger partial charge in [0.25, 0.3) is 0 Å². The standard InChI is InChI=1S/C13H18Cl2N2/c1-9-4-5-17(8-13(9)16)7-10-6-11(14)2-3-12(10)15/h2-3,6,9,13H,4-5,7-8,16H2,1H3. The number of rotatable bonds is 2. The summed E-state index contributed by atoms with van der Waals surface area (Å²) in [4.78, 5) is 2.35. The molecule has 0 amide bonds. The topological polar surface area (TPSA) is 29.3 Å². The molecule has 1 aliphatic rings. The first-order valence-electron chi connectivity index (χ1n) is 5.98. The van der Waals surface area contributed by atoms with E-state index < -0.39 is 0 Å². The molecule has 1 aromatic rings. The van der Waals surface area contributed by atoms with Crippen LogP contribution in [0.2, 0.25) is 10.0 Å². The summed E-state index contributed by atoms with van der Waals surface area (Å²) >= 11 is 12.1. The summed E-state index contributed by atoms with van der Waals surface area (Å²) in [5, 5.41) is 1.51. The van der Waals surface area contributed by atoms with Gasteiger partial charge in [-0.05, 0) is 42.6 Å². The quantitative estimate of drug-likeness (QED) is 0.896. The van der Waals surface area contributed by atoms with Crippen molar-refractivity contribution in [1.82, 2.24) is 4.90 Å². The molecule has 1 fully saturated rings. The Hall–Kier alpha value is -0.280. The number of likely N-dealkylation sites (tertiary alicyclic amines) is 1. The van der Waals surface area contributed by atoms with Crippen LogP contribution in [0.15, 0.2) is 18.2 Å². The fourth-order valence-corrected chi connectivity index (χ4v) is 2.59. The molecule has 4 heteroatoms. The zero-order valence-corrected chi connectivity index (χ0v) is 11.5. The molecule has 0 aliphatic carbocycles.